The summed E-state index contributed by atoms with van der Waals surface area (Å²) in [4.78, 5) is 24.9. The average molecular weight is 338 g/mol. The number of amides is 2. The Hall–Kier alpha value is -2.21. The number of nitrogens with one attached hydrogen (secondary N) is 2. The minimum Gasteiger partial charge on any atom is -0.478 e. The van der Waals surface area contributed by atoms with Crippen LogP contribution in [0.5, 0.6) is 0 Å². The van der Waals surface area contributed by atoms with Crippen molar-refractivity contribution in [2.45, 2.75) is 19.4 Å². The molecule has 0 aliphatic carbocycles. The zero-order chi connectivity index (χ0) is 16.8. The lowest BCUT2D eigenvalue weighted by Crippen LogP contribution is -2.47. The Labute approximate surface area is 140 Å². The molecule has 1 unspecified atom stereocenters. The van der Waals surface area contributed by atoms with Crippen LogP contribution in [0.2, 0.25) is 5.02 Å². The van der Waals surface area contributed by atoms with Crippen molar-refractivity contribution in [3.63, 3.8) is 0 Å². The van der Waals surface area contributed by atoms with Crippen LogP contribution >= 0.6 is 11.6 Å². The summed E-state index contributed by atoms with van der Waals surface area (Å²) in [7, 11) is 0. The number of nitrogens with zero attached hydrogens (tertiary/aromatic N) is 1. The average Bonchev–Trinajstić information content (AvgIpc) is 2.54. The smallest absolute Gasteiger partial charge is 0.337 e. The van der Waals surface area contributed by atoms with Crippen molar-refractivity contribution >= 4 is 29.3 Å². The number of carboxylic acids is 1. The molecule has 0 saturated carbocycles. The number of carboxylic acid groups (broad SMARTS) is 1. The molecule has 0 fully saturated rings. The number of benzene rings is 1. The van der Waals surface area contributed by atoms with E-state index >= 15 is 0 Å². The van der Waals surface area contributed by atoms with E-state index in [1.165, 1.54) is 12.1 Å². The molecule has 7 heteroatoms. The van der Waals surface area contributed by atoms with Gasteiger partial charge in [-0.2, -0.15) is 0 Å². The fraction of sp³-hybridized carbons (Fsp3) is 0.375. The molecule has 1 aromatic rings. The second-order valence-electron chi connectivity index (χ2n) is 5.44. The Morgan fingerprint density at radius 2 is 2.17 bits per heavy atom. The van der Waals surface area contributed by atoms with Gasteiger partial charge < -0.3 is 20.6 Å². The Morgan fingerprint density at radius 1 is 1.39 bits per heavy atom. The second-order valence-corrected chi connectivity index (χ2v) is 5.84. The summed E-state index contributed by atoms with van der Waals surface area (Å²) >= 11 is 5.83. The number of aromatic carboxylic acids is 1. The van der Waals surface area contributed by atoms with Crippen LogP contribution in [0.25, 0.3) is 0 Å². The van der Waals surface area contributed by atoms with Crippen LogP contribution in [-0.2, 0) is 0 Å². The van der Waals surface area contributed by atoms with Crippen molar-refractivity contribution in [3.05, 3.63) is 40.9 Å². The van der Waals surface area contributed by atoms with E-state index in [4.69, 9.17) is 16.7 Å². The van der Waals surface area contributed by atoms with Crippen molar-refractivity contribution in [1.29, 1.82) is 0 Å². The summed E-state index contributed by atoms with van der Waals surface area (Å²) in [6.45, 7) is 3.72. The van der Waals surface area contributed by atoms with E-state index in [0.29, 0.717) is 18.8 Å². The fourth-order valence-electron chi connectivity index (χ4n) is 2.25. The largest absolute Gasteiger partial charge is 0.478 e. The van der Waals surface area contributed by atoms with Crippen molar-refractivity contribution in [1.82, 2.24) is 10.2 Å². The lowest BCUT2D eigenvalue weighted by Gasteiger charge is -2.26. The van der Waals surface area contributed by atoms with Crippen LogP contribution in [0.3, 0.4) is 0 Å². The van der Waals surface area contributed by atoms with E-state index in [9.17, 15) is 9.59 Å². The Balaban J connectivity index is 1.85. The van der Waals surface area contributed by atoms with Crippen LogP contribution in [0.4, 0.5) is 10.5 Å². The van der Waals surface area contributed by atoms with Gasteiger partial charge in [0.25, 0.3) is 0 Å². The zero-order valence-corrected chi connectivity index (χ0v) is 13.6. The number of carbonyl (C=O) groups is 2. The molecule has 1 aliphatic rings. The maximum absolute atomic E-state index is 12.1. The van der Waals surface area contributed by atoms with E-state index in [0.717, 1.165) is 13.0 Å². The maximum Gasteiger partial charge on any atom is 0.337 e. The van der Waals surface area contributed by atoms with Gasteiger partial charge in [0.2, 0.25) is 0 Å². The number of hydrogen-bond acceptors (Lipinski definition) is 3. The van der Waals surface area contributed by atoms with Gasteiger partial charge in [-0.25, -0.2) is 9.59 Å². The molecule has 3 N–H and O–H groups in total. The van der Waals surface area contributed by atoms with Gasteiger partial charge >= 0.3 is 12.0 Å². The highest BCUT2D eigenvalue weighted by Crippen LogP contribution is 2.20. The molecule has 23 heavy (non-hydrogen) atoms. The molecule has 0 radical (unpaired) electrons. The predicted octanol–water partition coefficient (Wildman–Crippen LogP) is 2.81. The molecule has 2 amide bonds. The third kappa shape index (κ3) is 4.89. The minimum atomic E-state index is -1.07. The summed E-state index contributed by atoms with van der Waals surface area (Å²) < 4.78 is 0. The normalized spacial score (nSPS) is 15.1. The Bertz CT molecular complexity index is 619. The summed E-state index contributed by atoms with van der Waals surface area (Å²) in [5.74, 6) is -1.07. The van der Waals surface area contributed by atoms with Gasteiger partial charge in [0, 0.05) is 31.4 Å². The summed E-state index contributed by atoms with van der Waals surface area (Å²) in [5, 5.41) is 15.3. The van der Waals surface area contributed by atoms with Crippen molar-refractivity contribution < 1.29 is 14.7 Å². The Morgan fingerprint density at radius 3 is 2.83 bits per heavy atom. The van der Waals surface area contributed by atoms with Gasteiger partial charge in [-0.15, -0.1) is 0 Å². The summed E-state index contributed by atoms with van der Waals surface area (Å²) in [6.07, 6.45) is 4.92. The molecule has 124 valence electrons. The van der Waals surface area contributed by atoms with Crippen molar-refractivity contribution in [3.8, 4) is 0 Å². The molecule has 1 heterocycles. The summed E-state index contributed by atoms with van der Waals surface area (Å²) in [5.41, 5.74) is 0.697. The van der Waals surface area contributed by atoms with Crippen LogP contribution in [0.15, 0.2) is 30.4 Å². The van der Waals surface area contributed by atoms with Gasteiger partial charge in [-0.3, -0.25) is 0 Å². The highest BCUT2D eigenvalue weighted by atomic mass is 35.5. The molecule has 0 spiro atoms. The van der Waals surface area contributed by atoms with E-state index in [1.807, 2.05) is 13.0 Å². The van der Waals surface area contributed by atoms with Crippen molar-refractivity contribution in [2.75, 3.05) is 25.0 Å². The molecule has 0 bridgehead atoms. The number of anilines is 1. The topological polar surface area (TPSA) is 81.7 Å². The van der Waals surface area contributed by atoms with Gasteiger partial charge in [0.05, 0.1) is 10.6 Å². The van der Waals surface area contributed by atoms with Crippen molar-refractivity contribution in [2.24, 2.45) is 0 Å². The highest BCUT2D eigenvalue weighted by molar-refractivity contribution is 6.33. The first-order valence-electron chi connectivity index (χ1n) is 7.44. The molecular formula is C16H20ClN3O3. The number of rotatable bonds is 5. The van der Waals surface area contributed by atoms with Crippen LogP contribution < -0.4 is 10.6 Å². The standard InChI is InChI=1S/C16H20ClN3O3/c1-11(19-16(23)20-7-3-2-4-8-20)10-18-12-5-6-14(17)13(9-12)15(21)22/h2-3,5-6,9,11,18H,4,7-8,10H2,1H3,(H,19,23)(H,21,22). The number of hydrogen-bond donors (Lipinski definition) is 3. The first-order valence-corrected chi connectivity index (χ1v) is 7.82. The van der Waals surface area contributed by atoms with Crippen LogP contribution in [0.1, 0.15) is 23.7 Å². The Kier molecular flexibility index (Phi) is 5.87. The molecule has 6 nitrogen and oxygen atoms in total. The fourth-order valence-corrected chi connectivity index (χ4v) is 2.45. The van der Waals surface area contributed by atoms with E-state index in [2.05, 4.69) is 16.7 Å². The van der Waals surface area contributed by atoms with E-state index in [1.54, 1.807) is 11.0 Å². The summed E-state index contributed by atoms with van der Waals surface area (Å²) in [6, 6.07) is 4.53. The zero-order valence-electron chi connectivity index (χ0n) is 12.9. The van der Waals surface area contributed by atoms with E-state index < -0.39 is 5.97 Å². The monoisotopic (exact) mass is 337 g/mol. The van der Waals surface area contributed by atoms with Crippen LogP contribution in [0, 0.1) is 0 Å². The molecule has 1 aliphatic heterocycles. The molecule has 0 saturated heterocycles. The van der Waals surface area contributed by atoms with Crippen LogP contribution in [-0.4, -0.2) is 47.7 Å². The van der Waals surface area contributed by atoms with Gasteiger partial charge in [-0.05, 0) is 31.5 Å². The quantitative estimate of drug-likeness (QED) is 0.722. The number of urea groups is 1. The minimum absolute atomic E-state index is 0.0495. The van der Waals surface area contributed by atoms with Gasteiger partial charge in [0.15, 0.2) is 0 Å². The number of carbonyl (C=O) groups excluding carboxylic acids is 1. The lowest BCUT2D eigenvalue weighted by atomic mass is 10.2. The molecular weight excluding hydrogens is 318 g/mol. The third-order valence-electron chi connectivity index (χ3n) is 3.52. The molecule has 2 rings (SSSR count). The number of halogens is 1. The lowest BCUT2D eigenvalue weighted by molar-refractivity contribution is 0.0697. The highest BCUT2D eigenvalue weighted by Gasteiger charge is 2.16. The maximum atomic E-state index is 12.1. The first kappa shape index (κ1) is 17.1. The molecule has 1 atom stereocenters. The SMILES string of the molecule is CC(CNc1ccc(Cl)c(C(=O)O)c1)NC(=O)N1CC=CCC1. The van der Waals surface area contributed by atoms with Gasteiger partial charge in [0.1, 0.15) is 0 Å². The first-order chi connectivity index (χ1) is 11.0. The molecule has 1 aromatic carbocycles. The van der Waals surface area contributed by atoms with E-state index in [-0.39, 0.29) is 22.7 Å². The van der Waals surface area contributed by atoms with Gasteiger partial charge in [-0.1, -0.05) is 23.8 Å². The molecule has 0 aromatic heterocycles. The predicted molar refractivity (Wildman–Crippen MR) is 90.2 cm³/mol. The third-order valence-corrected chi connectivity index (χ3v) is 3.85. The second kappa shape index (κ2) is 7.87.